The van der Waals surface area contributed by atoms with Gasteiger partial charge in [-0.2, -0.15) is 0 Å². The Morgan fingerprint density at radius 1 is 1.38 bits per heavy atom. The van der Waals surface area contributed by atoms with Crippen LogP contribution in [-0.2, 0) is 4.74 Å². The van der Waals surface area contributed by atoms with Crippen molar-refractivity contribution in [3.63, 3.8) is 0 Å². The number of carboxylic acid groups (broad SMARTS) is 1. The zero-order chi connectivity index (χ0) is 18.1. The molecule has 1 amide bonds. The summed E-state index contributed by atoms with van der Waals surface area (Å²) < 4.78 is 8.32. The topological polar surface area (TPSA) is 61.8 Å². The van der Waals surface area contributed by atoms with E-state index in [0.29, 0.717) is 43.1 Å². The van der Waals surface area contributed by atoms with E-state index in [1.807, 2.05) is 11.3 Å². The second-order valence-corrected chi connectivity index (χ2v) is 9.44. The van der Waals surface area contributed by atoms with Crippen LogP contribution in [0.15, 0.2) is 17.5 Å². The minimum atomic E-state index is -0.924. The highest BCUT2D eigenvalue weighted by Gasteiger charge is 2.33. The van der Waals surface area contributed by atoms with E-state index in [0.717, 1.165) is 19.3 Å². The lowest BCUT2D eigenvalue weighted by Gasteiger charge is -2.29. The third-order valence-corrected chi connectivity index (χ3v) is 7.87. The molecule has 0 bridgehead atoms. The monoisotopic (exact) mass is 410 g/mol. The van der Waals surface area contributed by atoms with Crippen LogP contribution in [0.5, 0.6) is 0 Å². The Labute approximate surface area is 165 Å². The third kappa shape index (κ3) is 3.74. The molecule has 1 aliphatic heterocycles. The Bertz CT molecular complexity index is 774. The van der Waals surface area contributed by atoms with Crippen LogP contribution in [0.3, 0.4) is 0 Å². The second kappa shape index (κ2) is 7.80. The molecule has 0 radical (unpaired) electrons. The van der Waals surface area contributed by atoms with Crippen molar-refractivity contribution in [1.29, 1.82) is 0 Å². The first-order valence-corrected chi connectivity index (χ1v) is 11.1. The molecule has 0 spiro atoms. The number of hydrogen-bond donors (Lipinski definition) is 2. The maximum Gasteiger partial charge on any atom is 0.407 e. The van der Waals surface area contributed by atoms with Gasteiger partial charge in [0.15, 0.2) is 0 Å². The molecule has 5 nitrogen and oxygen atoms in total. The van der Waals surface area contributed by atoms with Crippen molar-refractivity contribution in [3.8, 4) is 0 Å². The van der Waals surface area contributed by atoms with E-state index in [2.05, 4.69) is 22.8 Å². The molecule has 8 heteroatoms. The summed E-state index contributed by atoms with van der Waals surface area (Å²) >= 11 is 9.27. The number of amides is 1. The van der Waals surface area contributed by atoms with E-state index in [-0.39, 0.29) is 6.04 Å². The molecule has 4 rings (SSSR count). The SMILES string of the molecule is O=C(O)N1CCCOCC1C(=S)NC1CCC(c2cc3sccc3s2)C1. The number of thiophene rings is 2. The van der Waals surface area contributed by atoms with Crippen molar-refractivity contribution in [2.75, 3.05) is 19.8 Å². The summed E-state index contributed by atoms with van der Waals surface area (Å²) in [7, 11) is 0. The van der Waals surface area contributed by atoms with Gasteiger partial charge in [-0.25, -0.2) is 4.79 Å². The number of thiocarbonyl (C=S) groups is 1. The predicted molar refractivity (Wildman–Crippen MR) is 110 cm³/mol. The summed E-state index contributed by atoms with van der Waals surface area (Å²) in [5.74, 6) is 0.570. The van der Waals surface area contributed by atoms with Gasteiger partial charge >= 0.3 is 6.09 Å². The van der Waals surface area contributed by atoms with Crippen molar-refractivity contribution >= 4 is 55.4 Å². The van der Waals surface area contributed by atoms with Crippen LogP contribution in [0.1, 0.15) is 36.5 Å². The lowest BCUT2D eigenvalue weighted by molar-refractivity contribution is 0.111. The first-order chi connectivity index (χ1) is 12.6. The first kappa shape index (κ1) is 18.2. The largest absolute Gasteiger partial charge is 0.465 e. The van der Waals surface area contributed by atoms with E-state index in [4.69, 9.17) is 17.0 Å². The molecular weight excluding hydrogens is 388 g/mol. The summed E-state index contributed by atoms with van der Waals surface area (Å²) in [5.41, 5.74) is 0. The minimum Gasteiger partial charge on any atom is -0.465 e. The third-order valence-electron chi connectivity index (χ3n) is 5.23. The van der Waals surface area contributed by atoms with Crippen molar-refractivity contribution in [2.24, 2.45) is 0 Å². The Balaban J connectivity index is 1.38. The van der Waals surface area contributed by atoms with Gasteiger partial charge in [0.05, 0.1) is 6.61 Å². The quantitative estimate of drug-likeness (QED) is 0.740. The van der Waals surface area contributed by atoms with Crippen LogP contribution in [0.4, 0.5) is 4.79 Å². The molecule has 1 aliphatic carbocycles. The molecule has 2 fully saturated rings. The molecule has 0 aromatic carbocycles. The number of hydrogen-bond acceptors (Lipinski definition) is 5. The number of nitrogens with one attached hydrogen (secondary N) is 1. The highest BCUT2D eigenvalue weighted by molar-refractivity contribution is 7.80. The van der Waals surface area contributed by atoms with Gasteiger partial charge in [-0.05, 0) is 49.1 Å². The van der Waals surface area contributed by atoms with Crippen molar-refractivity contribution in [2.45, 2.75) is 43.7 Å². The fraction of sp³-hybridized carbons (Fsp3) is 0.556. The minimum absolute atomic E-state index is 0.312. The van der Waals surface area contributed by atoms with Crippen molar-refractivity contribution < 1.29 is 14.6 Å². The molecule has 3 atom stereocenters. The fourth-order valence-corrected chi connectivity index (χ4v) is 6.51. The van der Waals surface area contributed by atoms with E-state index in [1.54, 1.807) is 11.3 Å². The molecule has 1 saturated heterocycles. The molecule has 26 heavy (non-hydrogen) atoms. The zero-order valence-corrected chi connectivity index (χ0v) is 16.8. The molecule has 3 unspecified atom stereocenters. The van der Waals surface area contributed by atoms with Crippen LogP contribution in [0.2, 0.25) is 0 Å². The summed E-state index contributed by atoms with van der Waals surface area (Å²) in [6, 6.07) is 4.46. The van der Waals surface area contributed by atoms with Gasteiger partial charge in [0.2, 0.25) is 0 Å². The summed E-state index contributed by atoms with van der Waals surface area (Å²) in [4.78, 5) is 15.0. The summed E-state index contributed by atoms with van der Waals surface area (Å²) in [5, 5.41) is 15.1. The molecule has 3 heterocycles. The lowest BCUT2D eigenvalue weighted by atomic mass is 10.1. The number of carbonyl (C=O) groups is 1. The van der Waals surface area contributed by atoms with Gasteiger partial charge in [-0.15, -0.1) is 22.7 Å². The van der Waals surface area contributed by atoms with Gasteiger partial charge in [-0.1, -0.05) is 12.2 Å². The number of fused-ring (bicyclic) bond motifs is 1. The van der Waals surface area contributed by atoms with Crippen molar-refractivity contribution in [1.82, 2.24) is 10.2 Å². The molecular formula is C18H22N2O3S3. The summed E-state index contributed by atoms with van der Waals surface area (Å²) in [6.45, 7) is 1.40. The van der Waals surface area contributed by atoms with Crippen LogP contribution >= 0.6 is 34.9 Å². The van der Waals surface area contributed by atoms with E-state index < -0.39 is 6.09 Å². The molecule has 1 saturated carbocycles. The average molecular weight is 411 g/mol. The first-order valence-electron chi connectivity index (χ1n) is 8.96. The summed E-state index contributed by atoms with van der Waals surface area (Å²) in [6.07, 6.45) is 3.06. The number of rotatable bonds is 3. The van der Waals surface area contributed by atoms with E-state index >= 15 is 0 Å². The van der Waals surface area contributed by atoms with Gasteiger partial charge in [0.1, 0.15) is 11.0 Å². The normalized spacial score (nSPS) is 26.8. The Morgan fingerprint density at radius 3 is 3.08 bits per heavy atom. The Kier molecular flexibility index (Phi) is 5.45. The van der Waals surface area contributed by atoms with E-state index in [9.17, 15) is 9.90 Å². The second-order valence-electron chi connectivity index (χ2n) is 6.93. The molecule has 2 aromatic rings. The zero-order valence-electron chi connectivity index (χ0n) is 14.3. The molecule has 2 aliphatic rings. The maximum atomic E-state index is 11.5. The lowest BCUT2D eigenvalue weighted by Crippen LogP contribution is -2.51. The number of ether oxygens (including phenoxy) is 1. The van der Waals surface area contributed by atoms with Crippen LogP contribution < -0.4 is 5.32 Å². The molecule has 2 N–H and O–H groups in total. The predicted octanol–water partition coefficient (Wildman–Crippen LogP) is 4.28. The molecule has 140 valence electrons. The highest BCUT2D eigenvalue weighted by Crippen LogP contribution is 2.41. The van der Waals surface area contributed by atoms with Gasteiger partial charge in [0.25, 0.3) is 0 Å². The highest BCUT2D eigenvalue weighted by atomic mass is 32.1. The van der Waals surface area contributed by atoms with Crippen LogP contribution in [0, 0.1) is 0 Å². The smallest absolute Gasteiger partial charge is 0.407 e. The maximum absolute atomic E-state index is 11.5. The van der Waals surface area contributed by atoms with E-state index in [1.165, 1.54) is 19.2 Å². The average Bonchev–Trinajstić information content (AvgIpc) is 3.26. The van der Waals surface area contributed by atoms with Crippen LogP contribution in [-0.4, -0.2) is 52.9 Å². The van der Waals surface area contributed by atoms with Crippen molar-refractivity contribution in [3.05, 3.63) is 22.4 Å². The number of nitrogens with zero attached hydrogens (tertiary/aromatic N) is 1. The Morgan fingerprint density at radius 2 is 2.27 bits per heavy atom. The Hall–Kier alpha value is -1.22. The van der Waals surface area contributed by atoms with Gasteiger partial charge < -0.3 is 15.2 Å². The van der Waals surface area contributed by atoms with Crippen LogP contribution in [0.25, 0.3) is 9.40 Å². The molecule has 2 aromatic heterocycles. The standard InChI is InChI=1S/C18H22N2O3S3/c21-18(22)20-5-1-6-23-10-13(20)17(24)19-12-3-2-11(8-12)15-9-16-14(26-15)4-7-25-16/h4,7,9,11-13H,1-3,5-6,8,10H2,(H,19,24)(H,21,22). The van der Waals surface area contributed by atoms with Gasteiger partial charge in [0, 0.05) is 33.5 Å². The van der Waals surface area contributed by atoms with Gasteiger partial charge in [-0.3, -0.25) is 4.90 Å². The fourth-order valence-electron chi connectivity index (χ4n) is 3.88.